The van der Waals surface area contributed by atoms with E-state index in [1.807, 2.05) is 19.9 Å². The number of nitriles is 1. The molecule has 3 rings (SSSR count). The number of hydrogen-bond acceptors (Lipinski definition) is 11. The van der Waals surface area contributed by atoms with Crippen molar-refractivity contribution in [2.45, 2.75) is 65.0 Å². The summed E-state index contributed by atoms with van der Waals surface area (Å²) in [5.74, 6) is -0.832. The monoisotopic (exact) mass is 489 g/mol. The van der Waals surface area contributed by atoms with Crippen LogP contribution in [0, 0.1) is 22.7 Å². The molecule has 190 valence electrons. The number of ether oxygens (including phenoxy) is 4. The zero-order valence-corrected chi connectivity index (χ0v) is 20.4. The third kappa shape index (κ3) is 5.37. The molecule has 1 saturated heterocycles. The maximum absolute atomic E-state index is 12.4. The van der Waals surface area contributed by atoms with Gasteiger partial charge in [-0.25, -0.2) is 9.50 Å². The number of carbonyl (C=O) groups excluding carboxylic acids is 2. The molecule has 0 radical (unpaired) electrons. The number of nitrogens with two attached hydrogens (primary N) is 1. The summed E-state index contributed by atoms with van der Waals surface area (Å²) in [6, 6.07) is 5.15. The number of aliphatic hydroxyl groups is 1. The van der Waals surface area contributed by atoms with E-state index < -0.39 is 41.3 Å². The van der Waals surface area contributed by atoms with Crippen molar-refractivity contribution in [2.24, 2.45) is 11.3 Å². The van der Waals surface area contributed by atoms with Gasteiger partial charge in [-0.1, -0.05) is 13.8 Å². The van der Waals surface area contributed by atoms with Gasteiger partial charge in [-0.05, 0) is 38.8 Å². The highest BCUT2D eigenvalue weighted by Gasteiger charge is 2.59. The summed E-state index contributed by atoms with van der Waals surface area (Å²) in [5.41, 5.74) is 3.83. The van der Waals surface area contributed by atoms with Gasteiger partial charge in [0.05, 0.1) is 17.7 Å². The smallest absolute Gasteiger partial charge is 0.313 e. The van der Waals surface area contributed by atoms with Gasteiger partial charge in [-0.2, -0.15) is 10.4 Å². The molecule has 1 fully saturated rings. The largest absolute Gasteiger partial charge is 0.457 e. The summed E-state index contributed by atoms with van der Waals surface area (Å²) in [6.07, 6.45) is -2.54. The van der Waals surface area contributed by atoms with Crippen molar-refractivity contribution in [3.63, 3.8) is 0 Å². The number of aliphatic hydroxyl groups excluding tert-OH is 1. The molecule has 1 aliphatic heterocycles. The lowest BCUT2D eigenvalue weighted by Crippen LogP contribution is -2.43. The lowest BCUT2D eigenvalue weighted by molar-refractivity contribution is -0.172. The summed E-state index contributed by atoms with van der Waals surface area (Å²) in [5, 5.41) is 25.5. The topological polar surface area (TPSA) is 171 Å². The number of fused-ring (bicyclic) bond motifs is 1. The van der Waals surface area contributed by atoms with Crippen LogP contribution in [-0.2, 0) is 34.1 Å². The predicted octanol–water partition coefficient (Wildman–Crippen LogP) is 1.31. The fourth-order valence-electron chi connectivity index (χ4n) is 3.68. The van der Waals surface area contributed by atoms with E-state index in [-0.39, 0.29) is 37.3 Å². The second-order valence-corrected chi connectivity index (χ2v) is 9.83. The lowest BCUT2D eigenvalue weighted by Gasteiger charge is -2.24. The molecule has 0 aromatic carbocycles. The minimum atomic E-state index is -1.95. The first-order valence-corrected chi connectivity index (χ1v) is 11.2. The van der Waals surface area contributed by atoms with E-state index in [1.165, 1.54) is 16.9 Å². The molecule has 0 bridgehead atoms. The highest BCUT2D eigenvalue weighted by molar-refractivity contribution is 5.75. The van der Waals surface area contributed by atoms with Gasteiger partial charge in [0.2, 0.25) is 5.60 Å². The molecule has 3 heterocycles. The first-order valence-electron chi connectivity index (χ1n) is 11.2. The summed E-state index contributed by atoms with van der Waals surface area (Å²) < 4.78 is 23.5. The Labute approximate surface area is 202 Å². The van der Waals surface area contributed by atoms with Crippen molar-refractivity contribution >= 4 is 23.3 Å². The van der Waals surface area contributed by atoms with E-state index in [0.717, 1.165) is 0 Å². The number of esters is 2. The maximum Gasteiger partial charge on any atom is 0.313 e. The van der Waals surface area contributed by atoms with Gasteiger partial charge < -0.3 is 29.8 Å². The van der Waals surface area contributed by atoms with Gasteiger partial charge in [-0.15, -0.1) is 0 Å². The Hall–Kier alpha value is -3.27. The van der Waals surface area contributed by atoms with Crippen LogP contribution >= 0.6 is 0 Å². The Bertz CT molecular complexity index is 1120. The first-order chi connectivity index (χ1) is 16.4. The van der Waals surface area contributed by atoms with E-state index in [1.54, 1.807) is 26.8 Å². The number of nitrogen functional groups attached to an aromatic ring is 1. The van der Waals surface area contributed by atoms with Crippen LogP contribution in [0.25, 0.3) is 5.52 Å². The van der Waals surface area contributed by atoms with Crippen molar-refractivity contribution in [3.8, 4) is 6.07 Å². The van der Waals surface area contributed by atoms with Crippen molar-refractivity contribution in [1.82, 2.24) is 14.6 Å². The van der Waals surface area contributed by atoms with Crippen molar-refractivity contribution in [1.29, 1.82) is 5.26 Å². The standard InChI is InChI=1S/C23H31N5O7/c1-13(2)8-17(29)34-18-15(9-32-12-33-21(31)22(3,4)5)35-23(10-24,19(18)30)16-7-6-14-20(25)26-11-27-28(14)16/h6-7,11,13,15,18-19,30H,8-9,12H2,1-5H3,(H2,25,26,27)/t15-,18-,19-,23+/m1/s1. The number of anilines is 1. The van der Waals surface area contributed by atoms with E-state index in [4.69, 9.17) is 24.7 Å². The molecule has 3 N–H and O–H groups in total. The molecule has 0 saturated carbocycles. The zero-order valence-electron chi connectivity index (χ0n) is 20.4. The fraction of sp³-hybridized carbons (Fsp3) is 0.609. The third-order valence-electron chi connectivity index (χ3n) is 5.47. The van der Waals surface area contributed by atoms with Gasteiger partial charge in [0, 0.05) is 6.42 Å². The minimum absolute atomic E-state index is 0.0171. The number of aromatic nitrogens is 3. The highest BCUT2D eigenvalue weighted by atomic mass is 16.7. The molecule has 2 aromatic heterocycles. The quantitative estimate of drug-likeness (QED) is 0.311. The molecule has 12 heteroatoms. The van der Waals surface area contributed by atoms with Crippen LogP contribution in [0.5, 0.6) is 0 Å². The van der Waals surface area contributed by atoms with Gasteiger partial charge in [0.15, 0.2) is 18.7 Å². The SMILES string of the molecule is CC(C)CC(=O)O[C@H]1[C@@H](O)[C@](C#N)(c2ccc3c(N)ncnn23)O[C@@H]1COCOC(=O)C(C)(C)C. The average Bonchev–Trinajstić information content (AvgIpc) is 3.31. The number of nitrogens with zero attached hydrogens (tertiary/aromatic N) is 4. The molecule has 2 aromatic rings. The van der Waals surface area contributed by atoms with Gasteiger partial charge in [-0.3, -0.25) is 9.59 Å². The van der Waals surface area contributed by atoms with Crippen LogP contribution in [0.3, 0.4) is 0 Å². The summed E-state index contributed by atoms with van der Waals surface area (Å²) in [6.45, 7) is 8.21. The van der Waals surface area contributed by atoms with Crippen LogP contribution in [0.15, 0.2) is 18.5 Å². The number of carbonyl (C=O) groups is 2. The molecule has 0 aliphatic carbocycles. The van der Waals surface area contributed by atoms with Gasteiger partial charge >= 0.3 is 11.9 Å². The Balaban J connectivity index is 1.87. The molecule has 35 heavy (non-hydrogen) atoms. The normalized spacial score (nSPS) is 24.5. The Morgan fingerprint density at radius 3 is 2.71 bits per heavy atom. The Morgan fingerprint density at radius 1 is 1.37 bits per heavy atom. The fourth-order valence-corrected chi connectivity index (χ4v) is 3.68. The molecular weight excluding hydrogens is 458 g/mol. The van der Waals surface area contributed by atoms with Crippen LogP contribution in [0.1, 0.15) is 46.7 Å². The lowest BCUT2D eigenvalue weighted by atomic mass is 9.92. The zero-order chi connectivity index (χ0) is 26.0. The van der Waals surface area contributed by atoms with Crippen LogP contribution in [0.2, 0.25) is 0 Å². The second kappa shape index (κ2) is 10.2. The van der Waals surface area contributed by atoms with E-state index in [2.05, 4.69) is 10.1 Å². The summed E-state index contributed by atoms with van der Waals surface area (Å²) in [7, 11) is 0. The number of hydrogen-bond donors (Lipinski definition) is 2. The molecule has 1 aliphatic rings. The molecule has 0 spiro atoms. The van der Waals surface area contributed by atoms with Crippen LogP contribution in [0.4, 0.5) is 5.82 Å². The van der Waals surface area contributed by atoms with E-state index in [0.29, 0.717) is 5.52 Å². The third-order valence-corrected chi connectivity index (χ3v) is 5.47. The molecule has 0 unspecified atom stereocenters. The first kappa shape index (κ1) is 26.3. The minimum Gasteiger partial charge on any atom is -0.457 e. The van der Waals surface area contributed by atoms with Crippen molar-refractivity contribution in [2.75, 3.05) is 19.1 Å². The molecular formula is C23H31N5O7. The van der Waals surface area contributed by atoms with E-state index in [9.17, 15) is 20.0 Å². The molecule has 4 atom stereocenters. The highest BCUT2D eigenvalue weighted by Crippen LogP contribution is 2.42. The number of rotatable bonds is 8. The maximum atomic E-state index is 12.4. The summed E-state index contributed by atoms with van der Waals surface area (Å²) >= 11 is 0. The van der Waals surface area contributed by atoms with Gasteiger partial charge in [0.25, 0.3) is 0 Å². The Morgan fingerprint density at radius 2 is 2.09 bits per heavy atom. The average molecular weight is 490 g/mol. The van der Waals surface area contributed by atoms with Crippen molar-refractivity contribution < 1.29 is 33.6 Å². The van der Waals surface area contributed by atoms with Crippen LogP contribution < -0.4 is 5.73 Å². The molecule has 0 amide bonds. The van der Waals surface area contributed by atoms with Gasteiger partial charge in [0.1, 0.15) is 30.1 Å². The molecule has 12 nitrogen and oxygen atoms in total. The summed E-state index contributed by atoms with van der Waals surface area (Å²) in [4.78, 5) is 28.3. The second-order valence-electron chi connectivity index (χ2n) is 9.83. The predicted molar refractivity (Wildman–Crippen MR) is 121 cm³/mol. The van der Waals surface area contributed by atoms with E-state index >= 15 is 0 Å². The Kier molecular flexibility index (Phi) is 7.64. The van der Waals surface area contributed by atoms with Crippen LogP contribution in [-0.4, -0.2) is 63.4 Å². The van der Waals surface area contributed by atoms with Crippen molar-refractivity contribution in [3.05, 3.63) is 24.2 Å².